The summed E-state index contributed by atoms with van der Waals surface area (Å²) in [5.74, 6) is -0.697. The standard InChI is InChI=1S/C17H21N3O3/c1-4-20(5-2)16(21)13-7-9-15(10-8-13)19-12-14(11-18)17(22)23-6-3/h7-10,12,19H,4-6H2,1-3H3/b14-12-. The Bertz CT molecular complexity index is 611. The Balaban J connectivity index is 2.80. The van der Waals surface area contributed by atoms with Gasteiger partial charge in [0.2, 0.25) is 0 Å². The van der Waals surface area contributed by atoms with Gasteiger partial charge in [-0.25, -0.2) is 4.79 Å². The minimum absolute atomic E-state index is 0.0265. The van der Waals surface area contributed by atoms with Crippen LogP contribution in [0.2, 0.25) is 0 Å². The third-order valence-electron chi connectivity index (χ3n) is 3.18. The van der Waals surface area contributed by atoms with Gasteiger partial charge < -0.3 is 15.0 Å². The summed E-state index contributed by atoms with van der Waals surface area (Å²) in [6, 6.07) is 8.61. The second kappa shape index (κ2) is 9.26. The topological polar surface area (TPSA) is 82.4 Å². The van der Waals surface area contributed by atoms with Crippen molar-refractivity contribution in [1.82, 2.24) is 4.90 Å². The van der Waals surface area contributed by atoms with Crippen LogP contribution in [0.5, 0.6) is 0 Å². The van der Waals surface area contributed by atoms with Crippen LogP contribution >= 0.6 is 0 Å². The molecule has 6 nitrogen and oxygen atoms in total. The molecule has 0 aromatic heterocycles. The number of nitriles is 1. The van der Waals surface area contributed by atoms with E-state index in [-0.39, 0.29) is 18.1 Å². The summed E-state index contributed by atoms with van der Waals surface area (Å²) in [6.07, 6.45) is 1.29. The molecular weight excluding hydrogens is 294 g/mol. The zero-order chi connectivity index (χ0) is 17.2. The molecule has 0 heterocycles. The number of esters is 1. The van der Waals surface area contributed by atoms with E-state index in [1.165, 1.54) is 6.20 Å². The van der Waals surface area contributed by atoms with Crippen LogP contribution in [0, 0.1) is 11.3 Å². The van der Waals surface area contributed by atoms with E-state index in [4.69, 9.17) is 10.00 Å². The van der Waals surface area contributed by atoms with Crippen LogP contribution in [0.4, 0.5) is 5.69 Å². The van der Waals surface area contributed by atoms with Gasteiger partial charge in [-0.2, -0.15) is 5.26 Å². The maximum absolute atomic E-state index is 12.2. The summed E-state index contributed by atoms with van der Waals surface area (Å²) in [4.78, 5) is 25.4. The van der Waals surface area contributed by atoms with Gasteiger partial charge in [-0.3, -0.25) is 4.79 Å². The van der Waals surface area contributed by atoms with Crippen molar-refractivity contribution in [3.05, 3.63) is 41.6 Å². The van der Waals surface area contributed by atoms with Gasteiger partial charge in [-0.15, -0.1) is 0 Å². The molecule has 1 aromatic carbocycles. The monoisotopic (exact) mass is 315 g/mol. The van der Waals surface area contributed by atoms with E-state index in [1.807, 2.05) is 13.8 Å². The van der Waals surface area contributed by atoms with Crippen molar-refractivity contribution in [2.24, 2.45) is 0 Å². The third-order valence-corrected chi connectivity index (χ3v) is 3.18. The third kappa shape index (κ3) is 5.15. The number of rotatable bonds is 7. The van der Waals surface area contributed by atoms with Gasteiger partial charge in [0.15, 0.2) is 5.57 Å². The Kier molecular flexibility index (Phi) is 7.34. The normalized spacial score (nSPS) is 10.6. The van der Waals surface area contributed by atoms with Crippen LogP contribution in [0.3, 0.4) is 0 Å². The highest BCUT2D eigenvalue weighted by molar-refractivity contribution is 5.95. The molecule has 1 rings (SSSR count). The Morgan fingerprint density at radius 2 is 1.83 bits per heavy atom. The molecule has 0 aliphatic rings. The first-order valence-corrected chi connectivity index (χ1v) is 7.50. The van der Waals surface area contributed by atoms with Crippen LogP contribution in [0.15, 0.2) is 36.0 Å². The molecule has 0 radical (unpaired) electrons. The summed E-state index contributed by atoms with van der Waals surface area (Å²) in [5, 5.41) is 11.8. The van der Waals surface area contributed by atoms with Crippen molar-refractivity contribution in [2.45, 2.75) is 20.8 Å². The number of nitrogens with zero attached hydrogens (tertiary/aromatic N) is 2. The smallest absolute Gasteiger partial charge is 0.350 e. The molecule has 0 fully saturated rings. The van der Waals surface area contributed by atoms with E-state index < -0.39 is 5.97 Å². The van der Waals surface area contributed by atoms with Crippen LogP contribution < -0.4 is 5.32 Å². The SMILES string of the molecule is CCOC(=O)/C(C#N)=C\Nc1ccc(C(=O)N(CC)CC)cc1. The molecule has 0 spiro atoms. The molecule has 0 bridgehead atoms. The van der Waals surface area contributed by atoms with Crippen molar-refractivity contribution in [2.75, 3.05) is 25.0 Å². The number of benzene rings is 1. The highest BCUT2D eigenvalue weighted by atomic mass is 16.5. The molecule has 1 aromatic rings. The summed E-state index contributed by atoms with van der Waals surface area (Å²) in [7, 11) is 0. The van der Waals surface area contributed by atoms with Gasteiger partial charge in [0.05, 0.1) is 6.61 Å². The molecule has 23 heavy (non-hydrogen) atoms. The van der Waals surface area contributed by atoms with Crippen LogP contribution in [0.1, 0.15) is 31.1 Å². The Hall–Kier alpha value is -2.81. The number of hydrogen-bond donors (Lipinski definition) is 1. The van der Waals surface area contributed by atoms with Gasteiger partial charge in [0.25, 0.3) is 5.91 Å². The number of anilines is 1. The average Bonchev–Trinajstić information content (AvgIpc) is 2.57. The quantitative estimate of drug-likeness (QED) is 0.475. The number of hydrogen-bond acceptors (Lipinski definition) is 5. The second-order valence-electron chi connectivity index (χ2n) is 4.59. The maximum Gasteiger partial charge on any atom is 0.350 e. The first-order chi connectivity index (χ1) is 11.1. The van der Waals surface area contributed by atoms with Crippen molar-refractivity contribution in [3.63, 3.8) is 0 Å². The molecule has 0 unspecified atom stereocenters. The van der Waals surface area contributed by atoms with Gasteiger partial charge in [0.1, 0.15) is 6.07 Å². The largest absolute Gasteiger partial charge is 0.462 e. The van der Waals surface area contributed by atoms with E-state index >= 15 is 0 Å². The van der Waals surface area contributed by atoms with Crippen molar-refractivity contribution < 1.29 is 14.3 Å². The molecule has 1 amide bonds. The molecule has 6 heteroatoms. The summed E-state index contributed by atoms with van der Waals surface area (Å²) in [5.41, 5.74) is 1.14. The van der Waals surface area contributed by atoms with E-state index in [1.54, 1.807) is 42.2 Å². The van der Waals surface area contributed by atoms with Gasteiger partial charge in [-0.1, -0.05) is 0 Å². The lowest BCUT2D eigenvalue weighted by Crippen LogP contribution is -2.30. The fourth-order valence-electron chi connectivity index (χ4n) is 1.90. The zero-order valence-corrected chi connectivity index (χ0v) is 13.6. The minimum Gasteiger partial charge on any atom is -0.462 e. The molecule has 122 valence electrons. The number of carbonyl (C=O) groups is 2. The number of amides is 1. The fourth-order valence-corrected chi connectivity index (χ4v) is 1.90. The maximum atomic E-state index is 12.2. The van der Waals surface area contributed by atoms with Gasteiger partial charge in [0, 0.05) is 30.5 Å². The molecule has 0 aliphatic carbocycles. The Morgan fingerprint density at radius 1 is 1.22 bits per heavy atom. The minimum atomic E-state index is -0.671. The lowest BCUT2D eigenvalue weighted by molar-refractivity contribution is -0.138. The molecular formula is C17H21N3O3. The predicted molar refractivity (Wildman–Crippen MR) is 87.6 cm³/mol. The molecule has 0 aliphatic heterocycles. The highest BCUT2D eigenvalue weighted by Gasteiger charge is 2.12. The highest BCUT2D eigenvalue weighted by Crippen LogP contribution is 2.12. The second-order valence-corrected chi connectivity index (χ2v) is 4.59. The fraction of sp³-hybridized carbons (Fsp3) is 0.353. The van der Waals surface area contributed by atoms with E-state index in [2.05, 4.69) is 5.32 Å². The van der Waals surface area contributed by atoms with E-state index in [9.17, 15) is 9.59 Å². The van der Waals surface area contributed by atoms with Gasteiger partial charge >= 0.3 is 5.97 Å². The summed E-state index contributed by atoms with van der Waals surface area (Å²) >= 11 is 0. The summed E-state index contributed by atoms with van der Waals surface area (Å²) in [6.45, 7) is 7.06. The lowest BCUT2D eigenvalue weighted by Gasteiger charge is -2.18. The molecule has 0 saturated carbocycles. The Morgan fingerprint density at radius 3 is 2.30 bits per heavy atom. The zero-order valence-electron chi connectivity index (χ0n) is 13.6. The average molecular weight is 315 g/mol. The number of ether oxygens (including phenoxy) is 1. The van der Waals surface area contributed by atoms with E-state index in [0.717, 1.165) is 0 Å². The Labute approximate surface area is 136 Å². The number of carbonyl (C=O) groups excluding carboxylic acids is 2. The van der Waals surface area contributed by atoms with Crippen molar-refractivity contribution in [1.29, 1.82) is 5.26 Å². The molecule has 0 atom stereocenters. The first-order valence-electron chi connectivity index (χ1n) is 7.50. The molecule has 0 saturated heterocycles. The number of nitrogens with one attached hydrogen (secondary N) is 1. The van der Waals surface area contributed by atoms with Crippen molar-refractivity contribution >= 4 is 17.6 Å². The lowest BCUT2D eigenvalue weighted by atomic mass is 10.1. The summed E-state index contributed by atoms with van der Waals surface area (Å²) < 4.78 is 4.77. The van der Waals surface area contributed by atoms with Gasteiger partial charge in [-0.05, 0) is 45.0 Å². The first kappa shape index (κ1) is 18.2. The van der Waals surface area contributed by atoms with Crippen LogP contribution in [0.25, 0.3) is 0 Å². The van der Waals surface area contributed by atoms with Crippen LogP contribution in [-0.4, -0.2) is 36.5 Å². The van der Waals surface area contributed by atoms with Crippen LogP contribution in [-0.2, 0) is 9.53 Å². The van der Waals surface area contributed by atoms with E-state index in [0.29, 0.717) is 24.3 Å². The predicted octanol–water partition coefficient (Wildman–Crippen LogP) is 2.55. The van der Waals surface area contributed by atoms with Crippen molar-refractivity contribution in [3.8, 4) is 6.07 Å². The molecule has 1 N–H and O–H groups in total.